The molecule has 1 amide bonds. The number of carbonyl (C=O) groups is 1. The summed E-state index contributed by atoms with van der Waals surface area (Å²) in [5.41, 5.74) is 3.44. The minimum atomic E-state index is -0.0922. The van der Waals surface area contributed by atoms with E-state index in [-0.39, 0.29) is 11.8 Å². The number of hydrogen-bond donors (Lipinski definition) is 1. The summed E-state index contributed by atoms with van der Waals surface area (Å²) >= 11 is 5.89. The third-order valence-electron chi connectivity index (χ3n) is 3.94. The summed E-state index contributed by atoms with van der Waals surface area (Å²) in [5, 5.41) is 4.54. The average Bonchev–Trinajstić information content (AvgIpc) is 2.60. The van der Waals surface area contributed by atoms with E-state index >= 15 is 0 Å². The molecule has 0 aliphatic heterocycles. The first kappa shape index (κ1) is 16.5. The van der Waals surface area contributed by atoms with Crippen LogP contribution in [-0.4, -0.2) is 10.9 Å². The fraction of sp³-hybridized carbons (Fsp3) is 0.200. The third-order valence-corrected chi connectivity index (χ3v) is 4.19. The maximum Gasteiger partial charge on any atom is 0.252 e. The molecule has 0 saturated carbocycles. The van der Waals surface area contributed by atoms with Gasteiger partial charge in [-0.25, -0.2) is 0 Å². The van der Waals surface area contributed by atoms with Gasteiger partial charge in [0.2, 0.25) is 0 Å². The van der Waals surface area contributed by atoms with Crippen molar-refractivity contribution in [2.75, 3.05) is 0 Å². The number of nitrogens with one attached hydrogen (secondary N) is 1. The van der Waals surface area contributed by atoms with Gasteiger partial charge >= 0.3 is 0 Å². The van der Waals surface area contributed by atoms with E-state index in [0.717, 1.165) is 22.2 Å². The van der Waals surface area contributed by atoms with E-state index in [1.54, 1.807) is 0 Å². The van der Waals surface area contributed by atoms with Crippen molar-refractivity contribution in [3.05, 3.63) is 76.4 Å². The minimum Gasteiger partial charge on any atom is -0.348 e. The number of para-hydroxylation sites is 1. The first-order valence-corrected chi connectivity index (χ1v) is 8.34. The lowest BCUT2D eigenvalue weighted by Gasteiger charge is -2.12. The van der Waals surface area contributed by atoms with Crippen LogP contribution >= 0.6 is 11.6 Å². The van der Waals surface area contributed by atoms with Crippen LogP contribution in [0.3, 0.4) is 0 Å². The van der Waals surface area contributed by atoms with E-state index in [0.29, 0.717) is 17.1 Å². The molecule has 4 heteroatoms. The van der Waals surface area contributed by atoms with Gasteiger partial charge in [0, 0.05) is 22.6 Å². The van der Waals surface area contributed by atoms with Crippen molar-refractivity contribution >= 4 is 28.4 Å². The molecule has 0 aliphatic carbocycles. The molecule has 122 valence electrons. The van der Waals surface area contributed by atoms with Gasteiger partial charge in [-0.15, -0.1) is 0 Å². The molecule has 0 unspecified atom stereocenters. The molecule has 0 saturated heterocycles. The lowest BCUT2D eigenvalue weighted by Crippen LogP contribution is -2.23. The zero-order chi connectivity index (χ0) is 17.1. The Morgan fingerprint density at radius 3 is 2.54 bits per heavy atom. The van der Waals surface area contributed by atoms with Gasteiger partial charge in [-0.2, -0.15) is 0 Å². The molecule has 3 nitrogen and oxygen atoms in total. The fourth-order valence-electron chi connectivity index (χ4n) is 2.56. The molecule has 3 rings (SSSR count). The molecule has 0 atom stereocenters. The van der Waals surface area contributed by atoms with Crippen molar-refractivity contribution in [2.45, 2.75) is 26.3 Å². The number of fused-ring (bicyclic) bond motifs is 1. The number of rotatable bonds is 4. The van der Waals surface area contributed by atoms with Gasteiger partial charge in [0.15, 0.2) is 0 Å². The van der Waals surface area contributed by atoms with E-state index in [9.17, 15) is 4.79 Å². The van der Waals surface area contributed by atoms with Gasteiger partial charge < -0.3 is 5.32 Å². The van der Waals surface area contributed by atoms with Crippen LogP contribution in [0.5, 0.6) is 0 Å². The van der Waals surface area contributed by atoms with Crippen LogP contribution in [0.2, 0.25) is 5.02 Å². The van der Waals surface area contributed by atoms with Crippen LogP contribution in [0.1, 0.15) is 41.4 Å². The van der Waals surface area contributed by atoms with Gasteiger partial charge in [0.25, 0.3) is 5.91 Å². The van der Waals surface area contributed by atoms with Gasteiger partial charge in [-0.1, -0.05) is 55.8 Å². The van der Waals surface area contributed by atoms with Gasteiger partial charge in [0.05, 0.1) is 11.1 Å². The Balaban J connectivity index is 1.89. The molecule has 1 N–H and O–H groups in total. The zero-order valence-corrected chi connectivity index (χ0v) is 14.5. The summed E-state index contributed by atoms with van der Waals surface area (Å²) in [4.78, 5) is 17.4. The summed E-state index contributed by atoms with van der Waals surface area (Å²) in [6, 6.07) is 17.1. The Morgan fingerprint density at radius 1 is 1.12 bits per heavy atom. The van der Waals surface area contributed by atoms with Crippen molar-refractivity contribution in [3.8, 4) is 0 Å². The van der Waals surface area contributed by atoms with Gasteiger partial charge in [-0.3, -0.25) is 9.78 Å². The van der Waals surface area contributed by atoms with Crippen LogP contribution in [0.4, 0.5) is 0 Å². The molecule has 24 heavy (non-hydrogen) atoms. The molecular formula is C20H19ClN2O. The van der Waals surface area contributed by atoms with Crippen molar-refractivity contribution in [1.82, 2.24) is 10.3 Å². The van der Waals surface area contributed by atoms with Crippen molar-refractivity contribution in [3.63, 3.8) is 0 Å². The van der Waals surface area contributed by atoms with Crippen LogP contribution in [0, 0.1) is 0 Å². The third kappa shape index (κ3) is 3.57. The quantitative estimate of drug-likeness (QED) is 0.732. The van der Waals surface area contributed by atoms with Crippen molar-refractivity contribution in [2.24, 2.45) is 0 Å². The van der Waals surface area contributed by atoms with E-state index in [1.165, 1.54) is 0 Å². The van der Waals surface area contributed by atoms with Crippen LogP contribution in [0.15, 0.2) is 54.6 Å². The molecule has 0 bridgehead atoms. The highest BCUT2D eigenvalue weighted by molar-refractivity contribution is 6.30. The van der Waals surface area contributed by atoms with Crippen molar-refractivity contribution < 1.29 is 4.79 Å². The number of amides is 1. The first-order valence-electron chi connectivity index (χ1n) is 7.97. The second kappa shape index (κ2) is 7.02. The summed E-state index contributed by atoms with van der Waals surface area (Å²) < 4.78 is 0. The summed E-state index contributed by atoms with van der Waals surface area (Å²) in [6.07, 6.45) is 0. The maximum atomic E-state index is 12.7. The Bertz CT molecular complexity index is 872. The molecule has 0 spiro atoms. The number of pyridine rings is 1. The standard InChI is InChI=1S/C20H19ClN2O/c1-13(2)19-11-17(16-5-3-4-6-18(16)23-19)20(24)22-12-14-7-9-15(21)10-8-14/h3-11,13H,12H2,1-2H3,(H,22,24). The minimum absolute atomic E-state index is 0.0922. The number of aromatic nitrogens is 1. The van der Waals surface area contributed by atoms with E-state index < -0.39 is 0 Å². The highest BCUT2D eigenvalue weighted by Crippen LogP contribution is 2.22. The van der Waals surface area contributed by atoms with Crippen LogP contribution in [0.25, 0.3) is 10.9 Å². The summed E-state index contributed by atoms with van der Waals surface area (Å²) in [7, 11) is 0. The molecule has 3 aromatic rings. The smallest absolute Gasteiger partial charge is 0.252 e. The highest BCUT2D eigenvalue weighted by Gasteiger charge is 2.14. The second-order valence-corrected chi connectivity index (χ2v) is 6.51. The average molecular weight is 339 g/mol. The predicted octanol–water partition coefficient (Wildman–Crippen LogP) is 4.94. The maximum absolute atomic E-state index is 12.7. The Morgan fingerprint density at radius 2 is 1.83 bits per heavy atom. The molecule has 1 aromatic heterocycles. The second-order valence-electron chi connectivity index (χ2n) is 6.08. The van der Waals surface area contributed by atoms with Gasteiger partial charge in [0.1, 0.15) is 0 Å². The molecule has 2 aromatic carbocycles. The number of nitrogens with zero attached hydrogens (tertiary/aromatic N) is 1. The zero-order valence-electron chi connectivity index (χ0n) is 13.7. The Labute approximate surface area is 146 Å². The normalized spacial score (nSPS) is 11.0. The fourth-order valence-corrected chi connectivity index (χ4v) is 2.69. The molecule has 1 heterocycles. The SMILES string of the molecule is CC(C)c1cc(C(=O)NCc2ccc(Cl)cc2)c2ccccc2n1. The highest BCUT2D eigenvalue weighted by atomic mass is 35.5. The Kier molecular flexibility index (Phi) is 4.81. The first-order chi connectivity index (χ1) is 11.5. The van der Waals surface area contributed by atoms with Crippen molar-refractivity contribution in [1.29, 1.82) is 0 Å². The summed E-state index contributed by atoms with van der Waals surface area (Å²) in [6.45, 7) is 4.61. The largest absolute Gasteiger partial charge is 0.348 e. The topological polar surface area (TPSA) is 42.0 Å². The molecular weight excluding hydrogens is 320 g/mol. The number of benzene rings is 2. The predicted molar refractivity (Wildman–Crippen MR) is 98.5 cm³/mol. The lowest BCUT2D eigenvalue weighted by atomic mass is 10.0. The monoisotopic (exact) mass is 338 g/mol. The number of halogens is 1. The van der Waals surface area contributed by atoms with E-state index in [1.807, 2.05) is 54.6 Å². The van der Waals surface area contributed by atoms with Gasteiger partial charge in [-0.05, 0) is 35.7 Å². The number of carbonyl (C=O) groups excluding carboxylic acids is 1. The van der Waals surface area contributed by atoms with E-state index in [2.05, 4.69) is 24.1 Å². The lowest BCUT2D eigenvalue weighted by molar-refractivity contribution is 0.0952. The number of hydrogen-bond acceptors (Lipinski definition) is 2. The van der Waals surface area contributed by atoms with Crippen LogP contribution < -0.4 is 5.32 Å². The summed E-state index contributed by atoms with van der Waals surface area (Å²) in [5.74, 6) is 0.169. The molecule has 0 radical (unpaired) electrons. The molecule has 0 aliphatic rings. The van der Waals surface area contributed by atoms with Crippen LogP contribution in [-0.2, 0) is 6.54 Å². The Hall–Kier alpha value is -2.39. The van der Waals surface area contributed by atoms with E-state index in [4.69, 9.17) is 11.6 Å². The molecule has 0 fully saturated rings.